The van der Waals surface area contributed by atoms with Crippen molar-refractivity contribution in [2.24, 2.45) is 0 Å². The van der Waals surface area contributed by atoms with Crippen molar-refractivity contribution in [2.45, 2.75) is 40.2 Å². The average Bonchev–Trinajstić information content (AvgIpc) is 2.71. The van der Waals surface area contributed by atoms with E-state index in [9.17, 15) is 13.2 Å². The minimum atomic E-state index is -3.86. The molecule has 0 bridgehead atoms. The van der Waals surface area contributed by atoms with Crippen LogP contribution in [0.3, 0.4) is 0 Å². The maximum absolute atomic E-state index is 13.0. The van der Waals surface area contributed by atoms with Gasteiger partial charge in [0, 0.05) is 14.1 Å². The number of benzene rings is 2. The third-order valence-electron chi connectivity index (χ3n) is 5.23. The Hall–Kier alpha value is -2.58. The first-order valence-corrected chi connectivity index (χ1v) is 11.6. The molecule has 0 aliphatic carbocycles. The first-order valence-electron chi connectivity index (χ1n) is 10.2. The fourth-order valence-electron chi connectivity index (χ4n) is 3.39. The number of nitrogens with zero attached hydrogens (tertiary/aromatic N) is 2. The zero-order valence-electron chi connectivity index (χ0n) is 19.4. The molecule has 0 aliphatic heterocycles. The smallest absolute Gasteiger partial charge is 0.304 e. The lowest BCUT2D eigenvalue weighted by molar-refractivity contribution is -0.120. The molecule has 1 amide bonds. The van der Waals surface area contributed by atoms with Gasteiger partial charge in [0.2, 0.25) is 5.91 Å². The van der Waals surface area contributed by atoms with Crippen LogP contribution in [0.25, 0.3) is 0 Å². The Labute approximate surface area is 186 Å². The van der Waals surface area contributed by atoms with Gasteiger partial charge in [-0.2, -0.15) is 12.7 Å². The Kier molecular flexibility index (Phi) is 8.08. The van der Waals surface area contributed by atoms with Gasteiger partial charge in [0.05, 0.1) is 18.8 Å². The van der Waals surface area contributed by atoms with Crippen molar-refractivity contribution in [1.29, 1.82) is 0 Å². The van der Waals surface area contributed by atoms with E-state index in [0.29, 0.717) is 12.1 Å². The number of amides is 1. The molecule has 170 valence electrons. The lowest BCUT2D eigenvalue weighted by Gasteiger charge is -2.29. The van der Waals surface area contributed by atoms with Crippen LogP contribution in [0.5, 0.6) is 5.75 Å². The third kappa shape index (κ3) is 5.77. The Morgan fingerprint density at radius 2 is 1.74 bits per heavy atom. The van der Waals surface area contributed by atoms with Gasteiger partial charge >= 0.3 is 10.2 Å². The molecule has 0 saturated carbocycles. The van der Waals surface area contributed by atoms with Crippen molar-refractivity contribution in [3.05, 3.63) is 58.7 Å². The fraction of sp³-hybridized carbons (Fsp3) is 0.435. The van der Waals surface area contributed by atoms with Gasteiger partial charge in [0.15, 0.2) is 0 Å². The van der Waals surface area contributed by atoms with E-state index in [1.807, 2.05) is 58.0 Å². The first-order chi connectivity index (χ1) is 14.5. The van der Waals surface area contributed by atoms with Gasteiger partial charge in [-0.1, -0.05) is 31.2 Å². The number of rotatable bonds is 9. The number of ether oxygens (including phenoxy) is 1. The van der Waals surface area contributed by atoms with Gasteiger partial charge in [-0.25, -0.2) is 4.31 Å². The van der Waals surface area contributed by atoms with Crippen molar-refractivity contribution in [1.82, 2.24) is 9.62 Å². The highest BCUT2D eigenvalue weighted by atomic mass is 32.2. The summed E-state index contributed by atoms with van der Waals surface area (Å²) >= 11 is 0. The molecule has 0 fully saturated rings. The predicted molar refractivity (Wildman–Crippen MR) is 125 cm³/mol. The number of aryl methyl sites for hydroxylation is 3. The van der Waals surface area contributed by atoms with Crippen LogP contribution in [0.4, 0.5) is 5.69 Å². The highest BCUT2D eigenvalue weighted by molar-refractivity contribution is 7.90. The zero-order chi connectivity index (χ0) is 23.3. The van der Waals surface area contributed by atoms with Crippen molar-refractivity contribution in [3.63, 3.8) is 0 Å². The minimum Gasteiger partial charge on any atom is -0.496 e. The number of hydrogen-bond acceptors (Lipinski definition) is 4. The highest BCUT2D eigenvalue weighted by Gasteiger charge is 2.29. The van der Waals surface area contributed by atoms with E-state index in [2.05, 4.69) is 5.32 Å². The van der Waals surface area contributed by atoms with E-state index in [4.69, 9.17) is 4.74 Å². The van der Waals surface area contributed by atoms with E-state index in [-0.39, 0.29) is 18.5 Å². The highest BCUT2D eigenvalue weighted by Crippen LogP contribution is 2.26. The summed E-state index contributed by atoms with van der Waals surface area (Å²) in [5.41, 5.74) is 4.11. The largest absolute Gasteiger partial charge is 0.496 e. The minimum absolute atomic E-state index is 0.236. The molecule has 0 aliphatic rings. The summed E-state index contributed by atoms with van der Waals surface area (Å²) in [6.45, 7) is 7.34. The summed E-state index contributed by atoms with van der Waals surface area (Å²) in [4.78, 5) is 13.0. The van der Waals surface area contributed by atoms with Crippen LogP contribution < -0.4 is 14.4 Å². The Morgan fingerprint density at radius 3 is 2.29 bits per heavy atom. The number of hydrogen-bond donors (Lipinski definition) is 1. The summed E-state index contributed by atoms with van der Waals surface area (Å²) in [5, 5.41) is 2.99. The summed E-state index contributed by atoms with van der Waals surface area (Å²) < 4.78 is 33.6. The van der Waals surface area contributed by atoms with Crippen LogP contribution >= 0.6 is 0 Å². The van der Waals surface area contributed by atoms with Crippen molar-refractivity contribution < 1.29 is 17.9 Å². The summed E-state index contributed by atoms with van der Waals surface area (Å²) in [5.74, 6) is 0.412. The van der Waals surface area contributed by atoms with E-state index < -0.39 is 10.2 Å². The second kappa shape index (κ2) is 10.2. The maximum Gasteiger partial charge on any atom is 0.304 e. The molecule has 0 heterocycles. The van der Waals surface area contributed by atoms with E-state index in [0.717, 1.165) is 36.6 Å². The van der Waals surface area contributed by atoms with E-state index in [1.165, 1.54) is 14.1 Å². The number of carbonyl (C=O) groups excluding carboxylic acids is 1. The average molecular weight is 448 g/mol. The molecule has 0 spiro atoms. The van der Waals surface area contributed by atoms with Crippen LogP contribution in [-0.4, -0.2) is 46.4 Å². The molecular formula is C23H33N3O4S. The van der Waals surface area contributed by atoms with E-state index in [1.54, 1.807) is 13.2 Å². The van der Waals surface area contributed by atoms with Crippen LogP contribution in [0.2, 0.25) is 0 Å². The third-order valence-corrected chi connectivity index (χ3v) is 7.03. The number of anilines is 1. The van der Waals surface area contributed by atoms with Gasteiger partial charge in [-0.15, -0.1) is 0 Å². The molecule has 0 saturated heterocycles. The first kappa shape index (κ1) is 24.7. The predicted octanol–water partition coefficient (Wildman–Crippen LogP) is 3.50. The molecule has 0 aromatic heterocycles. The lowest BCUT2D eigenvalue weighted by Crippen LogP contribution is -2.46. The quantitative estimate of drug-likeness (QED) is 0.638. The standard InChI is InChI=1S/C23H33N3O4S/c1-8-20(19-11-12-22(30-7)18(4)14-19)24-23(27)15-26(31(28,29)25(5)6)21-13-16(2)9-10-17(21)3/h9-14,20H,8,15H2,1-7H3,(H,24,27). The topological polar surface area (TPSA) is 79.0 Å². The number of nitrogens with one attached hydrogen (secondary N) is 1. The van der Waals surface area contributed by atoms with Crippen molar-refractivity contribution >= 4 is 21.8 Å². The second-order valence-corrected chi connectivity index (χ2v) is 9.91. The van der Waals surface area contributed by atoms with Gasteiger partial charge in [0.1, 0.15) is 12.3 Å². The fourth-order valence-corrected chi connectivity index (χ4v) is 4.51. The number of carbonyl (C=O) groups is 1. The van der Waals surface area contributed by atoms with Crippen molar-refractivity contribution in [3.8, 4) is 5.75 Å². The van der Waals surface area contributed by atoms with Crippen LogP contribution in [0, 0.1) is 20.8 Å². The van der Waals surface area contributed by atoms with E-state index >= 15 is 0 Å². The summed E-state index contributed by atoms with van der Waals surface area (Å²) in [7, 11) is 0.677. The maximum atomic E-state index is 13.0. The number of methoxy groups -OCH3 is 1. The zero-order valence-corrected chi connectivity index (χ0v) is 20.2. The van der Waals surface area contributed by atoms with Crippen LogP contribution in [0.1, 0.15) is 41.6 Å². The molecule has 7 nitrogen and oxygen atoms in total. The van der Waals surface area contributed by atoms with Crippen LogP contribution in [0.15, 0.2) is 36.4 Å². The molecule has 8 heteroatoms. The molecule has 1 atom stereocenters. The molecule has 31 heavy (non-hydrogen) atoms. The van der Waals surface area contributed by atoms with Gasteiger partial charge < -0.3 is 10.1 Å². The molecule has 2 rings (SSSR count). The molecular weight excluding hydrogens is 414 g/mol. The molecule has 1 N–H and O–H groups in total. The van der Waals surface area contributed by atoms with Gasteiger partial charge in [0.25, 0.3) is 0 Å². The SMILES string of the molecule is CCC(NC(=O)CN(c1cc(C)ccc1C)S(=O)(=O)N(C)C)c1ccc(OC)c(C)c1. The normalized spacial score (nSPS) is 12.5. The Balaban J connectivity index is 2.33. The lowest BCUT2D eigenvalue weighted by atomic mass is 10.0. The molecule has 0 radical (unpaired) electrons. The van der Waals surface area contributed by atoms with Gasteiger partial charge in [-0.3, -0.25) is 4.79 Å². The molecule has 1 unspecified atom stereocenters. The second-order valence-electron chi connectivity index (χ2n) is 7.84. The summed E-state index contributed by atoms with van der Waals surface area (Å²) in [6, 6.07) is 11.1. The van der Waals surface area contributed by atoms with Crippen LogP contribution in [-0.2, 0) is 15.0 Å². The summed E-state index contributed by atoms with van der Waals surface area (Å²) in [6.07, 6.45) is 0.668. The van der Waals surface area contributed by atoms with Crippen molar-refractivity contribution in [2.75, 3.05) is 32.1 Å². The molecule has 2 aromatic carbocycles. The molecule has 2 aromatic rings. The Bertz CT molecular complexity index is 1040. The van der Waals surface area contributed by atoms with Gasteiger partial charge in [-0.05, 0) is 61.6 Å². The Morgan fingerprint density at radius 1 is 1.06 bits per heavy atom. The monoisotopic (exact) mass is 447 g/mol.